The molecular weight excluding hydrogens is 393 g/mol. The first-order valence-electron chi connectivity index (χ1n) is 8.53. The number of unbranched alkanes of at least 4 members (excludes halogenated alkanes) is 2. The van der Waals surface area contributed by atoms with E-state index in [1.54, 1.807) is 23.0 Å². The first-order valence-corrected chi connectivity index (χ1v) is 9.41. The highest BCUT2D eigenvalue weighted by atomic mass is 32.1. The molecule has 0 fully saturated rings. The summed E-state index contributed by atoms with van der Waals surface area (Å²) in [5.74, 6) is -4.48. The van der Waals surface area contributed by atoms with E-state index in [-0.39, 0.29) is 17.6 Å². The smallest absolute Gasteiger partial charge is 0.252 e. The van der Waals surface area contributed by atoms with Crippen molar-refractivity contribution in [2.75, 3.05) is 6.54 Å². The summed E-state index contributed by atoms with van der Waals surface area (Å²) >= 11 is 1.24. The monoisotopic (exact) mass is 412 g/mol. The van der Waals surface area contributed by atoms with Gasteiger partial charge in [0.2, 0.25) is 5.91 Å². The molecule has 0 bridgehead atoms. The lowest BCUT2D eigenvalue weighted by molar-refractivity contribution is -0.129. The Bertz CT molecular complexity index is 854. The van der Waals surface area contributed by atoms with E-state index in [1.807, 2.05) is 0 Å². The van der Waals surface area contributed by atoms with Crippen molar-refractivity contribution in [3.05, 3.63) is 57.5 Å². The predicted octanol–water partition coefficient (Wildman–Crippen LogP) is 3.89. The number of halogens is 3. The fourth-order valence-electron chi connectivity index (χ4n) is 2.46. The normalized spacial score (nSPS) is 11.4. The number of carbonyl (C=O) groups is 2. The van der Waals surface area contributed by atoms with Crippen molar-refractivity contribution in [3.63, 3.8) is 0 Å². The van der Waals surface area contributed by atoms with Gasteiger partial charge in [-0.2, -0.15) is 0 Å². The Kier molecular flexibility index (Phi) is 8.21. The number of hydroxylamine groups is 1. The number of carbonyl (C=O) groups excluding carboxylic acids is 2. The Morgan fingerprint density at radius 3 is 2.61 bits per heavy atom. The van der Waals surface area contributed by atoms with Crippen LogP contribution in [0.3, 0.4) is 0 Å². The highest BCUT2D eigenvalue weighted by Gasteiger charge is 2.16. The third-order valence-electron chi connectivity index (χ3n) is 3.84. The Morgan fingerprint density at radius 1 is 1.14 bits per heavy atom. The van der Waals surface area contributed by atoms with Gasteiger partial charge in [0.1, 0.15) is 5.82 Å². The lowest BCUT2D eigenvalue weighted by atomic mass is 10.1. The summed E-state index contributed by atoms with van der Waals surface area (Å²) in [6, 6.07) is 4.62. The largest absolute Gasteiger partial charge is 0.352 e. The number of amides is 2. The summed E-state index contributed by atoms with van der Waals surface area (Å²) in [5, 5.41) is 12.8. The molecule has 0 saturated carbocycles. The molecule has 3 N–H and O–H groups in total. The van der Waals surface area contributed by atoms with Gasteiger partial charge in [0.05, 0.1) is 5.57 Å². The molecule has 28 heavy (non-hydrogen) atoms. The zero-order chi connectivity index (χ0) is 20.5. The van der Waals surface area contributed by atoms with Crippen LogP contribution in [0.5, 0.6) is 0 Å². The standard InChI is InChI=1S/C19H19F3N2O3S/c20-13-9-12(18(22)15(21)11-13)10-14(16-5-4-8-28-16)19(26)23-7-3-1-2-6-17(25)24-27/h4-5,8-11,27H,1-3,6-7H2,(H,23,26)(H,24,25)/b14-10-. The predicted molar refractivity (Wildman–Crippen MR) is 99.9 cm³/mol. The van der Waals surface area contributed by atoms with Gasteiger partial charge in [0.15, 0.2) is 11.6 Å². The molecule has 0 unspecified atom stereocenters. The third-order valence-corrected chi connectivity index (χ3v) is 4.75. The molecule has 0 aliphatic heterocycles. The summed E-state index contributed by atoms with van der Waals surface area (Å²) in [7, 11) is 0. The number of hydrogen-bond acceptors (Lipinski definition) is 4. The van der Waals surface area contributed by atoms with E-state index in [0.717, 1.165) is 12.1 Å². The van der Waals surface area contributed by atoms with Gasteiger partial charge in [-0.15, -0.1) is 11.3 Å². The van der Waals surface area contributed by atoms with Crippen molar-refractivity contribution in [2.45, 2.75) is 25.7 Å². The lowest BCUT2D eigenvalue weighted by Gasteiger charge is -2.09. The van der Waals surface area contributed by atoms with E-state index in [0.29, 0.717) is 36.8 Å². The van der Waals surface area contributed by atoms with Crippen LogP contribution in [-0.4, -0.2) is 23.6 Å². The first-order chi connectivity index (χ1) is 13.4. The summed E-state index contributed by atoms with van der Waals surface area (Å²) in [5.41, 5.74) is 1.28. The second-order valence-corrected chi connectivity index (χ2v) is 6.88. The van der Waals surface area contributed by atoms with Crippen LogP contribution >= 0.6 is 11.3 Å². The average Bonchev–Trinajstić information content (AvgIpc) is 3.20. The average molecular weight is 412 g/mol. The van der Waals surface area contributed by atoms with Crippen molar-refractivity contribution in [3.8, 4) is 0 Å². The second kappa shape index (κ2) is 10.6. The van der Waals surface area contributed by atoms with Gasteiger partial charge < -0.3 is 5.32 Å². The highest BCUT2D eigenvalue weighted by Crippen LogP contribution is 2.25. The van der Waals surface area contributed by atoms with E-state index in [2.05, 4.69) is 5.32 Å². The summed E-state index contributed by atoms with van der Waals surface area (Å²) in [6.45, 7) is 0.308. The molecule has 0 spiro atoms. The molecule has 1 aromatic heterocycles. The summed E-state index contributed by atoms with van der Waals surface area (Å²) in [6.07, 6.45) is 3.08. The molecule has 0 aliphatic rings. The number of thiophene rings is 1. The number of hydrogen-bond donors (Lipinski definition) is 3. The van der Waals surface area contributed by atoms with Crippen LogP contribution < -0.4 is 10.8 Å². The zero-order valence-electron chi connectivity index (χ0n) is 14.8. The van der Waals surface area contributed by atoms with Gasteiger partial charge in [-0.25, -0.2) is 18.7 Å². The van der Waals surface area contributed by atoms with Gasteiger partial charge in [0, 0.05) is 29.5 Å². The maximum absolute atomic E-state index is 14.0. The minimum atomic E-state index is -1.33. The molecule has 9 heteroatoms. The maximum atomic E-state index is 14.0. The zero-order valence-corrected chi connectivity index (χ0v) is 15.6. The van der Waals surface area contributed by atoms with Crippen LogP contribution in [-0.2, 0) is 9.59 Å². The van der Waals surface area contributed by atoms with E-state index < -0.39 is 29.3 Å². The van der Waals surface area contributed by atoms with Crippen LogP contribution in [0, 0.1) is 17.5 Å². The lowest BCUT2D eigenvalue weighted by Crippen LogP contribution is -2.25. The Hall–Kier alpha value is -2.65. The summed E-state index contributed by atoms with van der Waals surface area (Å²) in [4.78, 5) is 24.0. The molecular formula is C19H19F3N2O3S. The molecule has 2 rings (SSSR count). The number of nitrogens with one attached hydrogen (secondary N) is 2. The molecule has 0 aliphatic carbocycles. The minimum Gasteiger partial charge on any atom is -0.352 e. The molecule has 0 atom stereocenters. The summed E-state index contributed by atoms with van der Waals surface area (Å²) < 4.78 is 40.8. The van der Waals surface area contributed by atoms with Crippen molar-refractivity contribution in [2.24, 2.45) is 0 Å². The fourth-order valence-corrected chi connectivity index (χ4v) is 3.20. The second-order valence-electron chi connectivity index (χ2n) is 5.93. The molecule has 0 radical (unpaired) electrons. The minimum absolute atomic E-state index is 0.0959. The quantitative estimate of drug-likeness (QED) is 0.192. The SMILES string of the molecule is O=C(CCCCCNC(=O)/C(=C\c1cc(F)cc(F)c1F)c1cccs1)NO. The van der Waals surface area contributed by atoms with Crippen molar-refractivity contribution in [1.29, 1.82) is 0 Å². The van der Waals surface area contributed by atoms with Crippen LogP contribution in [0.15, 0.2) is 29.6 Å². The molecule has 2 aromatic rings. The number of rotatable bonds is 9. The van der Waals surface area contributed by atoms with Crippen LogP contribution in [0.4, 0.5) is 13.2 Å². The van der Waals surface area contributed by atoms with Gasteiger partial charge in [0.25, 0.3) is 5.91 Å². The van der Waals surface area contributed by atoms with Gasteiger partial charge in [-0.3, -0.25) is 14.8 Å². The molecule has 2 amide bonds. The van der Waals surface area contributed by atoms with E-state index in [9.17, 15) is 22.8 Å². The van der Waals surface area contributed by atoms with E-state index >= 15 is 0 Å². The van der Waals surface area contributed by atoms with Gasteiger partial charge >= 0.3 is 0 Å². The Morgan fingerprint density at radius 2 is 1.93 bits per heavy atom. The molecule has 1 aromatic carbocycles. The van der Waals surface area contributed by atoms with Gasteiger partial charge in [-0.1, -0.05) is 12.5 Å². The maximum Gasteiger partial charge on any atom is 0.252 e. The molecule has 1 heterocycles. The number of benzene rings is 1. The van der Waals surface area contributed by atoms with E-state index in [1.165, 1.54) is 11.3 Å². The van der Waals surface area contributed by atoms with Crippen molar-refractivity contribution in [1.82, 2.24) is 10.8 Å². The van der Waals surface area contributed by atoms with E-state index in [4.69, 9.17) is 5.21 Å². The van der Waals surface area contributed by atoms with Crippen LogP contribution in [0.25, 0.3) is 11.6 Å². The third kappa shape index (κ3) is 6.21. The topological polar surface area (TPSA) is 78.4 Å². The molecule has 150 valence electrons. The van der Waals surface area contributed by atoms with Crippen molar-refractivity contribution < 1.29 is 28.0 Å². The first kappa shape index (κ1) is 21.6. The Balaban J connectivity index is 2.06. The van der Waals surface area contributed by atoms with Crippen molar-refractivity contribution >= 4 is 34.8 Å². The highest BCUT2D eigenvalue weighted by molar-refractivity contribution is 7.11. The Labute approximate surface area is 163 Å². The van der Waals surface area contributed by atoms with Crippen LogP contribution in [0.1, 0.15) is 36.1 Å². The fraction of sp³-hybridized carbons (Fsp3) is 0.263. The van der Waals surface area contributed by atoms with Gasteiger partial charge in [-0.05, 0) is 36.4 Å². The molecule has 0 saturated heterocycles. The molecule has 5 nitrogen and oxygen atoms in total. The van der Waals surface area contributed by atoms with Crippen LogP contribution in [0.2, 0.25) is 0 Å².